The number of alkyl halides is 1. The molecule has 1 amide bonds. The van der Waals surface area contributed by atoms with Crippen LogP contribution in [0, 0.1) is 6.92 Å². The van der Waals surface area contributed by atoms with Gasteiger partial charge in [0.1, 0.15) is 5.76 Å². The monoisotopic (exact) mass is 292 g/mol. The summed E-state index contributed by atoms with van der Waals surface area (Å²) in [7, 11) is 3.90. The Morgan fingerprint density at radius 1 is 1.35 bits per heavy atom. The number of carbonyl (C=O) groups is 1. The van der Waals surface area contributed by atoms with Crippen LogP contribution < -0.4 is 10.2 Å². The predicted molar refractivity (Wildman–Crippen MR) is 81.7 cm³/mol. The Morgan fingerprint density at radius 2 is 2.10 bits per heavy atom. The molecule has 1 heterocycles. The van der Waals surface area contributed by atoms with E-state index in [9.17, 15) is 4.79 Å². The Bertz CT molecular complexity index is 620. The van der Waals surface area contributed by atoms with Crippen LogP contribution in [0.2, 0.25) is 0 Å². The van der Waals surface area contributed by atoms with Crippen LogP contribution in [0.25, 0.3) is 0 Å². The normalized spacial score (nSPS) is 10.4. The van der Waals surface area contributed by atoms with Gasteiger partial charge in [-0.2, -0.15) is 0 Å². The number of hydrogen-bond donors (Lipinski definition) is 1. The third-order valence-electron chi connectivity index (χ3n) is 3.01. The summed E-state index contributed by atoms with van der Waals surface area (Å²) in [6.07, 6.45) is 0. The number of nitrogens with one attached hydrogen (secondary N) is 1. The van der Waals surface area contributed by atoms with Gasteiger partial charge in [0.2, 0.25) is 0 Å². The van der Waals surface area contributed by atoms with Crippen molar-refractivity contribution in [2.75, 3.05) is 24.3 Å². The molecule has 2 rings (SSSR count). The zero-order chi connectivity index (χ0) is 14.7. The molecule has 0 unspecified atom stereocenters. The number of benzene rings is 1. The topological polar surface area (TPSA) is 45.5 Å². The van der Waals surface area contributed by atoms with Gasteiger partial charge in [-0.1, -0.05) is 6.07 Å². The van der Waals surface area contributed by atoms with Crippen LogP contribution in [0.5, 0.6) is 0 Å². The number of amides is 1. The highest BCUT2D eigenvalue weighted by Crippen LogP contribution is 2.20. The van der Waals surface area contributed by atoms with Crippen molar-refractivity contribution in [3.63, 3.8) is 0 Å². The third kappa shape index (κ3) is 3.14. The highest BCUT2D eigenvalue weighted by molar-refractivity contribution is 6.17. The van der Waals surface area contributed by atoms with Crippen LogP contribution in [-0.2, 0) is 5.88 Å². The number of halogens is 1. The van der Waals surface area contributed by atoms with Gasteiger partial charge in [0.25, 0.3) is 5.91 Å². The first-order chi connectivity index (χ1) is 9.51. The molecule has 0 radical (unpaired) electrons. The molecule has 4 nitrogen and oxygen atoms in total. The van der Waals surface area contributed by atoms with Crippen LogP contribution in [0.3, 0.4) is 0 Å². The van der Waals surface area contributed by atoms with Gasteiger partial charge in [0.15, 0.2) is 5.76 Å². The maximum absolute atomic E-state index is 12.1. The second kappa shape index (κ2) is 6.01. The number of aryl methyl sites for hydroxylation is 1. The molecular weight excluding hydrogens is 276 g/mol. The number of nitrogens with zero attached hydrogens (tertiary/aromatic N) is 1. The quantitative estimate of drug-likeness (QED) is 0.875. The van der Waals surface area contributed by atoms with E-state index in [1.54, 1.807) is 13.0 Å². The van der Waals surface area contributed by atoms with Gasteiger partial charge in [0.05, 0.1) is 5.88 Å². The minimum absolute atomic E-state index is 0.272. The lowest BCUT2D eigenvalue weighted by Gasteiger charge is -2.13. The Kier molecular flexibility index (Phi) is 4.35. The van der Waals surface area contributed by atoms with E-state index in [0.717, 1.165) is 16.9 Å². The summed E-state index contributed by atoms with van der Waals surface area (Å²) in [5.41, 5.74) is 2.57. The van der Waals surface area contributed by atoms with Crippen molar-refractivity contribution >= 4 is 28.9 Å². The first-order valence-electron chi connectivity index (χ1n) is 6.25. The number of rotatable bonds is 4. The minimum atomic E-state index is -0.277. The Morgan fingerprint density at radius 3 is 2.70 bits per heavy atom. The average molecular weight is 293 g/mol. The summed E-state index contributed by atoms with van der Waals surface area (Å²) in [4.78, 5) is 14.1. The van der Waals surface area contributed by atoms with Gasteiger partial charge >= 0.3 is 0 Å². The molecule has 20 heavy (non-hydrogen) atoms. The molecule has 0 aliphatic heterocycles. The molecule has 0 aliphatic carbocycles. The fourth-order valence-corrected chi connectivity index (χ4v) is 2.08. The van der Waals surface area contributed by atoms with Gasteiger partial charge in [-0.25, -0.2) is 0 Å². The number of hydrogen-bond acceptors (Lipinski definition) is 3. The zero-order valence-electron chi connectivity index (χ0n) is 11.7. The van der Waals surface area contributed by atoms with Crippen LogP contribution in [0.15, 0.2) is 34.7 Å². The average Bonchev–Trinajstić information content (AvgIpc) is 2.80. The molecule has 5 heteroatoms. The van der Waals surface area contributed by atoms with Gasteiger partial charge in [0, 0.05) is 31.0 Å². The standard InChI is InChI=1S/C15H17ClN2O2/c1-10-11(9-16)7-14(20-10)15(19)17-12-5-4-6-13(8-12)18(2)3/h4-8H,9H2,1-3H3,(H,17,19). The van der Waals surface area contributed by atoms with E-state index < -0.39 is 0 Å². The van der Waals surface area contributed by atoms with Crippen molar-refractivity contribution in [2.24, 2.45) is 0 Å². The highest BCUT2D eigenvalue weighted by Gasteiger charge is 2.14. The zero-order valence-corrected chi connectivity index (χ0v) is 12.5. The second-order valence-electron chi connectivity index (χ2n) is 4.72. The van der Waals surface area contributed by atoms with E-state index >= 15 is 0 Å². The number of anilines is 2. The van der Waals surface area contributed by atoms with E-state index in [1.807, 2.05) is 43.3 Å². The number of carbonyl (C=O) groups excluding carboxylic acids is 1. The Hall–Kier alpha value is -1.94. The first kappa shape index (κ1) is 14.5. The van der Waals surface area contributed by atoms with Crippen LogP contribution in [-0.4, -0.2) is 20.0 Å². The van der Waals surface area contributed by atoms with Gasteiger partial charge in [-0.05, 0) is 31.2 Å². The maximum Gasteiger partial charge on any atom is 0.291 e. The van der Waals surface area contributed by atoms with Crippen LogP contribution in [0.1, 0.15) is 21.9 Å². The molecule has 0 saturated carbocycles. The SMILES string of the molecule is Cc1oc(C(=O)Nc2cccc(N(C)C)c2)cc1CCl. The largest absolute Gasteiger partial charge is 0.456 e. The fraction of sp³-hybridized carbons (Fsp3) is 0.267. The van der Waals surface area contributed by atoms with Crippen molar-refractivity contribution in [1.29, 1.82) is 0 Å². The minimum Gasteiger partial charge on any atom is -0.456 e. The number of furan rings is 1. The Labute approximate surface area is 123 Å². The highest BCUT2D eigenvalue weighted by atomic mass is 35.5. The van der Waals surface area contributed by atoms with Crippen LogP contribution in [0.4, 0.5) is 11.4 Å². The van der Waals surface area contributed by atoms with Gasteiger partial charge in [-0.3, -0.25) is 4.79 Å². The molecule has 0 bridgehead atoms. The molecule has 0 fully saturated rings. The lowest BCUT2D eigenvalue weighted by atomic mass is 10.2. The van der Waals surface area contributed by atoms with Gasteiger partial charge < -0.3 is 14.6 Å². The fourth-order valence-electron chi connectivity index (χ4n) is 1.82. The molecule has 0 spiro atoms. The van der Waals surface area contributed by atoms with Crippen molar-refractivity contribution in [3.05, 3.63) is 47.4 Å². The smallest absolute Gasteiger partial charge is 0.291 e. The van der Waals surface area contributed by atoms with E-state index in [4.69, 9.17) is 16.0 Å². The van der Waals surface area contributed by atoms with Crippen LogP contribution >= 0.6 is 11.6 Å². The van der Waals surface area contributed by atoms with Crippen molar-refractivity contribution in [1.82, 2.24) is 0 Å². The lowest BCUT2D eigenvalue weighted by molar-refractivity contribution is 0.0995. The molecule has 0 atom stereocenters. The summed E-state index contributed by atoms with van der Waals surface area (Å²) in [6, 6.07) is 9.27. The molecule has 1 aromatic carbocycles. The van der Waals surface area contributed by atoms with E-state index in [0.29, 0.717) is 11.6 Å². The Balaban J connectivity index is 2.16. The van der Waals surface area contributed by atoms with Crippen molar-refractivity contribution < 1.29 is 9.21 Å². The van der Waals surface area contributed by atoms with Crippen molar-refractivity contribution in [2.45, 2.75) is 12.8 Å². The molecule has 0 saturated heterocycles. The molecule has 106 valence electrons. The van der Waals surface area contributed by atoms with E-state index in [-0.39, 0.29) is 11.7 Å². The molecule has 2 aromatic rings. The maximum atomic E-state index is 12.1. The third-order valence-corrected chi connectivity index (χ3v) is 3.30. The molecule has 0 aliphatic rings. The molecular formula is C15H17ClN2O2. The first-order valence-corrected chi connectivity index (χ1v) is 6.78. The van der Waals surface area contributed by atoms with E-state index in [2.05, 4.69) is 5.32 Å². The van der Waals surface area contributed by atoms with E-state index in [1.165, 1.54) is 0 Å². The summed E-state index contributed by atoms with van der Waals surface area (Å²) < 4.78 is 5.41. The second-order valence-corrected chi connectivity index (χ2v) is 4.99. The molecule has 1 N–H and O–H groups in total. The van der Waals surface area contributed by atoms with Crippen molar-refractivity contribution in [3.8, 4) is 0 Å². The van der Waals surface area contributed by atoms with Gasteiger partial charge in [-0.15, -0.1) is 11.6 Å². The summed E-state index contributed by atoms with van der Waals surface area (Å²) in [5.74, 6) is 1.000. The summed E-state index contributed by atoms with van der Waals surface area (Å²) in [5, 5.41) is 2.82. The lowest BCUT2D eigenvalue weighted by Crippen LogP contribution is -2.12. The summed E-state index contributed by atoms with van der Waals surface area (Å²) >= 11 is 5.77. The predicted octanol–water partition coefficient (Wildman–Crippen LogP) is 3.65. The summed E-state index contributed by atoms with van der Waals surface area (Å²) in [6.45, 7) is 1.79. The molecule has 1 aromatic heterocycles.